The topological polar surface area (TPSA) is 0 Å². The van der Waals surface area contributed by atoms with Crippen LogP contribution in [0.25, 0.3) is 0 Å². The molecule has 0 spiro atoms. The minimum Gasteiger partial charge on any atom is -0.155 e. The molecule has 1 fully saturated rings. The highest BCUT2D eigenvalue weighted by molar-refractivity contribution is 8.00. The van der Waals surface area contributed by atoms with Crippen LogP contribution in [0.1, 0.15) is 46.5 Å². The van der Waals surface area contributed by atoms with Crippen LogP contribution < -0.4 is 0 Å². The molecule has 0 aromatic heterocycles. The van der Waals surface area contributed by atoms with Crippen molar-refractivity contribution < 1.29 is 0 Å². The van der Waals surface area contributed by atoms with Crippen molar-refractivity contribution in [1.82, 2.24) is 0 Å². The van der Waals surface area contributed by atoms with Gasteiger partial charge in [0.15, 0.2) is 0 Å². The standard InChI is InChI=1S/C10H20S/c1-4-5-10-7-6-8(2)11-9(10)3/h8-10H,4-7H2,1-3H3. The maximum absolute atomic E-state index is 2.40. The Morgan fingerprint density at radius 3 is 2.55 bits per heavy atom. The van der Waals surface area contributed by atoms with Gasteiger partial charge in [0.25, 0.3) is 0 Å². The predicted octanol–water partition coefficient (Wildman–Crippen LogP) is 3.71. The summed E-state index contributed by atoms with van der Waals surface area (Å²) in [5.74, 6) is 1.01. The molecule has 1 aliphatic heterocycles. The van der Waals surface area contributed by atoms with E-state index >= 15 is 0 Å². The van der Waals surface area contributed by atoms with Crippen molar-refractivity contribution in [2.45, 2.75) is 57.0 Å². The summed E-state index contributed by atoms with van der Waals surface area (Å²) in [6.45, 7) is 7.07. The molecule has 0 aromatic rings. The Morgan fingerprint density at radius 1 is 1.27 bits per heavy atom. The minimum absolute atomic E-state index is 0.915. The Kier molecular flexibility index (Phi) is 3.77. The lowest BCUT2D eigenvalue weighted by molar-refractivity contribution is 0.413. The Morgan fingerprint density at radius 2 is 2.00 bits per heavy atom. The first-order chi connectivity index (χ1) is 5.24. The molecule has 3 unspecified atom stereocenters. The smallest absolute Gasteiger partial charge is 0.00496 e. The second-order valence-electron chi connectivity index (χ2n) is 3.78. The fraction of sp³-hybridized carbons (Fsp3) is 1.00. The molecule has 1 heterocycles. The van der Waals surface area contributed by atoms with E-state index in [-0.39, 0.29) is 0 Å². The van der Waals surface area contributed by atoms with Crippen LogP contribution in [-0.2, 0) is 0 Å². The largest absolute Gasteiger partial charge is 0.155 e. The number of hydrogen-bond acceptors (Lipinski definition) is 1. The van der Waals surface area contributed by atoms with Gasteiger partial charge in [-0.25, -0.2) is 0 Å². The van der Waals surface area contributed by atoms with Crippen molar-refractivity contribution >= 4 is 11.8 Å². The van der Waals surface area contributed by atoms with E-state index in [1.807, 2.05) is 0 Å². The molecule has 0 saturated carbocycles. The van der Waals surface area contributed by atoms with Gasteiger partial charge >= 0.3 is 0 Å². The van der Waals surface area contributed by atoms with Gasteiger partial charge in [0.2, 0.25) is 0 Å². The molecule has 0 aliphatic carbocycles. The van der Waals surface area contributed by atoms with Gasteiger partial charge < -0.3 is 0 Å². The van der Waals surface area contributed by atoms with E-state index in [4.69, 9.17) is 0 Å². The van der Waals surface area contributed by atoms with Crippen molar-refractivity contribution in [2.24, 2.45) is 5.92 Å². The van der Waals surface area contributed by atoms with Gasteiger partial charge in [-0.3, -0.25) is 0 Å². The molecule has 0 aromatic carbocycles. The molecular weight excluding hydrogens is 152 g/mol. The van der Waals surface area contributed by atoms with Crippen LogP contribution in [-0.4, -0.2) is 10.5 Å². The quantitative estimate of drug-likeness (QED) is 0.612. The number of rotatable bonds is 2. The molecule has 1 rings (SSSR count). The summed E-state index contributed by atoms with van der Waals surface area (Å²) in [5.41, 5.74) is 0. The number of thioether (sulfide) groups is 1. The van der Waals surface area contributed by atoms with Crippen molar-refractivity contribution in [2.75, 3.05) is 0 Å². The van der Waals surface area contributed by atoms with E-state index in [0.717, 1.165) is 16.4 Å². The fourth-order valence-corrected chi connectivity index (χ4v) is 3.48. The van der Waals surface area contributed by atoms with Crippen LogP contribution in [0.15, 0.2) is 0 Å². The summed E-state index contributed by atoms with van der Waals surface area (Å²) < 4.78 is 0. The van der Waals surface area contributed by atoms with Crippen molar-refractivity contribution in [3.8, 4) is 0 Å². The van der Waals surface area contributed by atoms with E-state index in [1.54, 1.807) is 0 Å². The highest BCUT2D eigenvalue weighted by Gasteiger charge is 2.24. The van der Waals surface area contributed by atoms with Crippen LogP contribution >= 0.6 is 11.8 Å². The van der Waals surface area contributed by atoms with Gasteiger partial charge in [-0.2, -0.15) is 11.8 Å². The lowest BCUT2D eigenvalue weighted by Crippen LogP contribution is -2.23. The van der Waals surface area contributed by atoms with E-state index in [0.29, 0.717) is 0 Å². The highest BCUT2D eigenvalue weighted by Crippen LogP contribution is 2.37. The molecule has 11 heavy (non-hydrogen) atoms. The van der Waals surface area contributed by atoms with Crippen LogP contribution in [0.5, 0.6) is 0 Å². The second kappa shape index (κ2) is 4.39. The molecule has 1 heteroatoms. The Balaban J connectivity index is 2.31. The average Bonchev–Trinajstić information content (AvgIpc) is 1.95. The van der Waals surface area contributed by atoms with E-state index < -0.39 is 0 Å². The minimum atomic E-state index is 0.915. The van der Waals surface area contributed by atoms with Gasteiger partial charge in [-0.05, 0) is 25.2 Å². The second-order valence-corrected chi connectivity index (χ2v) is 5.60. The van der Waals surface area contributed by atoms with E-state index in [2.05, 4.69) is 32.5 Å². The molecule has 0 bridgehead atoms. The average molecular weight is 172 g/mol. The van der Waals surface area contributed by atoms with E-state index in [1.165, 1.54) is 25.7 Å². The molecule has 0 nitrogen and oxygen atoms in total. The van der Waals surface area contributed by atoms with Crippen LogP contribution in [0.4, 0.5) is 0 Å². The lowest BCUT2D eigenvalue weighted by atomic mass is 9.93. The third kappa shape index (κ3) is 2.70. The van der Waals surface area contributed by atoms with Crippen LogP contribution in [0, 0.1) is 5.92 Å². The van der Waals surface area contributed by atoms with Gasteiger partial charge in [-0.15, -0.1) is 0 Å². The van der Waals surface area contributed by atoms with Crippen LogP contribution in [0.3, 0.4) is 0 Å². The Labute approximate surface area is 75.1 Å². The summed E-state index contributed by atoms with van der Waals surface area (Å²) in [4.78, 5) is 0. The monoisotopic (exact) mass is 172 g/mol. The first-order valence-corrected chi connectivity index (χ1v) is 5.83. The van der Waals surface area contributed by atoms with Crippen molar-refractivity contribution in [1.29, 1.82) is 0 Å². The highest BCUT2D eigenvalue weighted by atomic mass is 32.2. The third-order valence-corrected chi connectivity index (χ3v) is 4.23. The molecule has 0 N–H and O–H groups in total. The van der Waals surface area contributed by atoms with Crippen molar-refractivity contribution in [3.05, 3.63) is 0 Å². The van der Waals surface area contributed by atoms with E-state index in [9.17, 15) is 0 Å². The molecule has 1 saturated heterocycles. The number of hydrogen-bond donors (Lipinski definition) is 0. The summed E-state index contributed by atoms with van der Waals surface area (Å²) in [7, 11) is 0. The summed E-state index contributed by atoms with van der Waals surface area (Å²) >= 11 is 2.19. The maximum atomic E-state index is 2.40. The normalized spacial score (nSPS) is 39.0. The van der Waals surface area contributed by atoms with Gasteiger partial charge in [0, 0.05) is 10.5 Å². The third-order valence-electron chi connectivity index (χ3n) is 2.71. The van der Waals surface area contributed by atoms with Crippen molar-refractivity contribution in [3.63, 3.8) is 0 Å². The Hall–Kier alpha value is 0.350. The molecule has 3 atom stereocenters. The predicted molar refractivity (Wildman–Crippen MR) is 54.1 cm³/mol. The fourth-order valence-electron chi connectivity index (χ4n) is 1.98. The first-order valence-electron chi connectivity index (χ1n) is 4.89. The zero-order chi connectivity index (χ0) is 8.27. The SMILES string of the molecule is CCCC1CCC(C)SC1C. The maximum Gasteiger partial charge on any atom is 0.00496 e. The first kappa shape index (κ1) is 9.44. The molecule has 66 valence electrons. The molecule has 0 radical (unpaired) electrons. The zero-order valence-corrected chi connectivity index (χ0v) is 8.79. The lowest BCUT2D eigenvalue weighted by Gasteiger charge is -2.31. The Bertz CT molecular complexity index is 111. The summed E-state index contributed by atoms with van der Waals surface area (Å²) in [5, 5.41) is 1.83. The molecule has 0 amide bonds. The van der Waals surface area contributed by atoms with Gasteiger partial charge in [0.05, 0.1) is 0 Å². The summed E-state index contributed by atoms with van der Waals surface area (Å²) in [6.07, 6.45) is 5.73. The summed E-state index contributed by atoms with van der Waals surface area (Å²) in [6, 6.07) is 0. The molecule has 1 aliphatic rings. The zero-order valence-electron chi connectivity index (χ0n) is 7.97. The van der Waals surface area contributed by atoms with Gasteiger partial charge in [0.1, 0.15) is 0 Å². The van der Waals surface area contributed by atoms with Gasteiger partial charge in [-0.1, -0.05) is 27.2 Å². The molecular formula is C10H20S. The van der Waals surface area contributed by atoms with Crippen LogP contribution in [0.2, 0.25) is 0 Å².